The first-order valence-electron chi connectivity index (χ1n) is 7.04. The van der Waals surface area contributed by atoms with Gasteiger partial charge in [0.25, 0.3) is 0 Å². The molecule has 23 heavy (non-hydrogen) atoms. The lowest BCUT2D eigenvalue weighted by Crippen LogP contribution is -1.93. The van der Waals surface area contributed by atoms with Crippen LogP contribution in [0.3, 0.4) is 0 Å². The molecule has 2 aromatic rings. The molecule has 0 aliphatic rings. The summed E-state index contributed by atoms with van der Waals surface area (Å²) < 4.78 is 12.9. The summed E-state index contributed by atoms with van der Waals surface area (Å²) in [4.78, 5) is 0.999. The molecule has 0 atom stereocenters. The largest absolute Gasteiger partial charge is 0.207 e. The Bertz CT molecular complexity index is 808. The van der Waals surface area contributed by atoms with Crippen molar-refractivity contribution in [2.75, 3.05) is 0 Å². The van der Waals surface area contributed by atoms with Gasteiger partial charge in [-0.25, -0.2) is 4.39 Å². The minimum atomic E-state index is -0.242. The van der Waals surface area contributed by atoms with Crippen LogP contribution in [0.5, 0.6) is 0 Å². The van der Waals surface area contributed by atoms with Gasteiger partial charge in [0.15, 0.2) is 0 Å². The van der Waals surface area contributed by atoms with Crippen molar-refractivity contribution in [3.05, 3.63) is 70.0 Å². The van der Waals surface area contributed by atoms with Crippen molar-refractivity contribution in [1.29, 1.82) is 10.5 Å². The smallest absolute Gasteiger partial charge is 0.130 e. The molecule has 0 aromatic heterocycles. The zero-order chi connectivity index (χ0) is 16.8. The SMILES string of the molecule is Cc1cc(C=C(C#N)C#N)c(C)c(CSc2ccc(F)cc2)c1. The van der Waals surface area contributed by atoms with E-state index in [-0.39, 0.29) is 11.4 Å². The maximum absolute atomic E-state index is 12.9. The number of benzene rings is 2. The number of allylic oxidation sites excluding steroid dienone is 1. The van der Waals surface area contributed by atoms with Crippen molar-refractivity contribution in [3.63, 3.8) is 0 Å². The predicted molar refractivity (Wildman–Crippen MR) is 91.1 cm³/mol. The summed E-state index contributed by atoms with van der Waals surface area (Å²) in [6, 6.07) is 14.3. The van der Waals surface area contributed by atoms with Crippen LogP contribution in [0.25, 0.3) is 6.08 Å². The first-order chi connectivity index (χ1) is 11.0. The molecule has 0 aliphatic heterocycles. The topological polar surface area (TPSA) is 47.6 Å². The molecule has 0 bridgehead atoms. The van der Waals surface area contributed by atoms with E-state index < -0.39 is 0 Å². The quantitative estimate of drug-likeness (QED) is 0.576. The van der Waals surface area contributed by atoms with Gasteiger partial charge in [0.2, 0.25) is 0 Å². The van der Waals surface area contributed by atoms with Crippen molar-refractivity contribution >= 4 is 17.8 Å². The van der Waals surface area contributed by atoms with E-state index in [4.69, 9.17) is 10.5 Å². The molecule has 0 spiro atoms. The van der Waals surface area contributed by atoms with Crippen LogP contribution in [0.1, 0.15) is 22.3 Å². The molecule has 2 nitrogen and oxygen atoms in total. The normalized spacial score (nSPS) is 9.78. The molecule has 0 unspecified atom stereocenters. The monoisotopic (exact) mass is 322 g/mol. The summed E-state index contributed by atoms with van der Waals surface area (Å²) in [7, 11) is 0. The maximum Gasteiger partial charge on any atom is 0.130 e. The first-order valence-corrected chi connectivity index (χ1v) is 8.02. The highest BCUT2D eigenvalue weighted by atomic mass is 32.2. The van der Waals surface area contributed by atoms with Crippen LogP contribution in [0, 0.1) is 42.3 Å². The van der Waals surface area contributed by atoms with Gasteiger partial charge in [-0.1, -0.05) is 17.7 Å². The Hall–Kier alpha value is -2.56. The zero-order valence-electron chi connectivity index (χ0n) is 12.9. The molecular formula is C19H15FN2S. The molecule has 0 amide bonds. The summed E-state index contributed by atoms with van der Waals surface area (Å²) in [6.45, 7) is 3.97. The third-order valence-electron chi connectivity index (χ3n) is 3.45. The number of nitriles is 2. The van der Waals surface area contributed by atoms with Crippen LogP contribution < -0.4 is 0 Å². The lowest BCUT2D eigenvalue weighted by Gasteiger charge is -2.11. The van der Waals surface area contributed by atoms with E-state index in [1.807, 2.05) is 32.1 Å². The molecule has 114 valence electrons. The van der Waals surface area contributed by atoms with E-state index in [9.17, 15) is 4.39 Å². The second-order valence-electron chi connectivity index (χ2n) is 5.16. The van der Waals surface area contributed by atoms with Crippen molar-refractivity contribution in [2.45, 2.75) is 24.5 Å². The molecule has 0 aliphatic carbocycles. The van der Waals surface area contributed by atoms with Crippen LogP contribution in [0.4, 0.5) is 4.39 Å². The maximum atomic E-state index is 12.9. The van der Waals surface area contributed by atoms with Crippen LogP contribution in [-0.2, 0) is 5.75 Å². The zero-order valence-corrected chi connectivity index (χ0v) is 13.7. The third-order valence-corrected chi connectivity index (χ3v) is 4.51. The number of thioether (sulfide) groups is 1. The molecule has 2 rings (SSSR count). The standard InChI is InChI=1S/C19H15FN2S/c1-13-7-16(9-15(10-21)11-22)14(2)17(8-13)12-23-19-5-3-18(20)4-6-19/h3-9H,12H2,1-2H3. The Balaban J connectivity index is 2.28. The van der Waals surface area contributed by atoms with E-state index in [0.717, 1.165) is 32.9 Å². The van der Waals surface area contributed by atoms with E-state index in [2.05, 4.69) is 6.07 Å². The molecule has 4 heteroatoms. The van der Waals surface area contributed by atoms with E-state index in [1.165, 1.54) is 12.1 Å². The van der Waals surface area contributed by atoms with Gasteiger partial charge in [0.1, 0.15) is 23.5 Å². The van der Waals surface area contributed by atoms with Crippen LogP contribution in [0.2, 0.25) is 0 Å². The fourth-order valence-corrected chi connectivity index (χ4v) is 3.15. The number of aryl methyl sites for hydroxylation is 1. The lowest BCUT2D eigenvalue weighted by atomic mass is 9.98. The van der Waals surface area contributed by atoms with Gasteiger partial charge >= 0.3 is 0 Å². The number of hydrogen-bond donors (Lipinski definition) is 0. The highest BCUT2D eigenvalue weighted by Crippen LogP contribution is 2.27. The molecular weight excluding hydrogens is 307 g/mol. The summed E-state index contributed by atoms with van der Waals surface area (Å²) in [5.41, 5.74) is 4.24. The summed E-state index contributed by atoms with van der Waals surface area (Å²) in [5, 5.41) is 17.8. The lowest BCUT2D eigenvalue weighted by molar-refractivity contribution is 0.626. The first kappa shape index (κ1) is 16.8. The Morgan fingerprint density at radius 3 is 2.39 bits per heavy atom. The number of rotatable bonds is 4. The van der Waals surface area contributed by atoms with Gasteiger partial charge in [-0.3, -0.25) is 0 Å². The van der Waals surface area contributed by atoms with Gasteiger partial charge in [-0.2, -0.15) is 10.5 Å². The highest BCUT2D eigenvalue weighted by molar-refractivity contribution is 7.98. The predicted octanol–water partition coefficient (Wildman–Crippen LogP) is 5.17. The minimum Gasteiger partial charge on any atom is -0.207 e. The molecule has 0 heterocycles. The van der Waals surface area contributed by atoms with Gasteiger partial charge in [0.05, 0.1) is 0 Å². The second kappa shape index (κ2) is 7.63. The molecule has 0 fully saturated rings. The molecule has 0 radical (unpaired) electrons. The Labute approximate surface area is 139 Å². The fraction of sp³-hybridized carbons (Fsp3) is 0.158. The summed E-state index contributed by atoms with van der Waals surface area (Å²) >= 11 is 1.63. The number of halogens is 1. The second-order valence-corrected chi connectivity index (χ2v) is 6.21. The van der Waals surface area contributed by atoms with Crippen LogP contribution >= 0.6 is 11.8 Å². The molecule has 0 saturated heterocycles. The highest BCUT2D eigenvalue weighted by Gasteiger charge is 2.07. The third kappa shape index (κ3) is 4.45. The average Bonchev–Trinajstić information content (AvgIpc) is 2.55. The number of hydrogen-bond acceptors (Lipinski definition) is 3. The summed E-state index contributed by atoms with van der Waals surface area (Å²) in [5.74, 6) is 0.503. The van der Waals surface area contributed by atoms with Gasteiger partial charge in [-0.05, 0) is 60.9 Å². The Kier molecular flexibility index (Phi) is 5.57. The van der Waals surface area contributed by atoms with Crippen LogP contribution in [0.15, 0.2) is 46.9 Å². The van der Waals surface area contributed by atoms with Crippen LogP contribution in [-0.4, -0.2) is 0 Å². The molecule has 0 N–H and O–H groups in total. The van der Waals surface area contributed by atoms with E-state index in [1.54, 1.807) is 30.0 Å². The van der Waals surface area contributed by atoms with Gasteiger partial charge in [-0.15, -0.1) is 11.8 Å². The number of nitrogens with zero attached hydrogens (tertiary/aromatic N) is 2. The van der Waals surface area contributed by atoms with Crippen molar-refractivity contribution in [2.24, 2.45) is 0 Å². The van der Waals surface area contributed by atoms with E-state index in [0.29, 0.717) is 0 Å². The molecule has 0 saturated carbocycles. The van der Waals surface area contributed by atoms with Gasteiger partial charge in [0, 0.05) is 10.6 Å². The Morgan fingerprint density at radius 2 is 1.78 bits per heavy atom. The Morgan fingerprint density at radius 1 is 1.13 bits per heavy atom. The average molecular weight is 322 g/mol. The van der Waals surface area contributed by atoms with Crippen molar-refractivity contribution in [1.82, 2.24) is 0 Å². The summed E-state index contributed by atoms with van der Waals surface area (Å²) in [6.07, 6.45) is 1.62. The van der Waals surface area contributed by atoms with Gasteiger partial charge < -0.3 is 0 Å². The fourth-order valence-electron chi connectivity index (χ4n) is 2.20. The van der Waals surface area contributed by atoms with Crippen molar-refractivity contribution in [3.8, 4) is 12.1 Å². The van der Waals surface area contributed by atoms with E-state index >= 15 is 0 Å². The molecule has 2 aromatic carbocycles. The minimum absolute atomic E-state index is 0.0934. The van der Waals surface area contributed by atoms with Crippen molar-refractivity contribution < 1.29 is 4.39 Å².